The van der Waals surface area contributed by atoms with Gasteiger partial charge in [-0.05, 0) is 110 Å². The first-order valence-corrected chi connectivity index (χ1v) is 52.7. The number of aliphatic hydroxyl groups is 2. The summed E-state index contributed by atoms with van der Waals surface area (Å²) in [4.78, 5) is 190. The lowest BCUT2D eigenvalue weighted by Crippen LogP contribution is -2.49. The third-order valence-electron chi connectivity index (χ3n) is 25.0. The molecule has 40 nitrogen and oxygen atoms in total. The van der Waals surface area contributed by atoms with Crippen LogP contribution in [-0.4, -0.2) is 340 Å². The molecule has 808 valence electrons. The molecule has 2 saturated heterocycles. The number of carbonyl (C=O) groups excluding carboxylic acids is 12. The summed E-state index contributed by atoms with van der Waals surface area (Å²) < 4.78 is 43.6. The van der Waals surface area contributed by atoms with E-state index in [2.05, 4.69) is 53.2 Å². The molecule has 0 aromatic carbocycles. The number of aliphatic carboxylic acids is 3. The van der Waals surface area contributed by atoms with Crippen molar-refractivity contribution in [1.82, 2.24) is 63.0 Å². The molecule has 0 aromatic heterocycles. The maximum absolute atomic E-state index is 13.4. The zero-order valence-electron chi connectivity index (χ0n) is 84.6. The Morgan fingerprint density at radius 2 is 0.614 bits per heavy atom. The Morgan fingerprint density at radius 1 is 0.314 bits per heavy atom. The number of rotatable bonds is 97. The number of carboxylic acids is 3. The smallest absolute Gasteiger partial charge is 0.326 e. The van der Waals surface area contributed by atoms with Gasteiger partial charge in [-0.2, -0.15) is 0 Å². The van der Waals surface area contributed by atoms with Crippen LogP contribution in [0.5, 0.6) is 0 Å². The highest BCUT2D eigenvalue weighted by Crippen LogP contribution is 2.24. The maximum atomic E-state index is 13.4. The summed E-state index contributed by atoms with van der Waals surface area (Å²) in [6.07, 6.45) is 44.1. The van der Waals surface area contributed by atoms with Gasteiger partial charge in [0.15, 0.2) is 0 Å². The summed E-state index contributed by atoms with van der Waals surface area (Å²) in [5, 5.41) is 73.9. The SMILES string of the molecule is CN[C@@](C=O)(CO)CCCCNC(=O)[C@H](CCCCNC(=O)COCCOCCNC(=O)COCCOCCNC(=O)CC[C@H](NC(=O)C1CCN(C(=O)CCCCCCCCCCCCCCCCCCC(=O)O)CC1)C(=O)O)NC(=O)COCCOCCNC(=O)COCCOCCNC(=O)CC[C@H](NC(=O)C1CCN(C(=O)CCCCCCCCCCCCCCCCCCCO)CC1)C(=O)O. The van der Waals surface area contributed by atoms with Crippen molar-refractivity contribution in [1.29, 1.82) is 0 Å². The molecule has 2 aliphatic heterocycles. The van der Waals surface area contributed by atoms with Gasteiger partial charge in [0.05, 0.1) is 91.4 Å². The standard InChI is InChI=1S/C100H180N12O28/c1-101-100(79-114,80-115)51-35-37-53-107-97(128)83(108-91(121)78-140-74-70-136-66-57-106-90(120)77-139-73-68-134-64-55-104-87(117)46-44-85(99(131)132)110-95(126)81-47-58-111(59-48-81)92(122)40-31-27-23-19-15-11-7-3-2-6-10-14-18-22-26-30-38-62-113)39-34-36-52-102-88(118)75-137-71-69-135-65-56-105-89(119)76-138-72-67-133-63-54-103-86(116)45-43-84(98(129)130)109-96(127)82-49-60-112(61-50-82)93(123)41-32-28-24-20-16-12-8-4-5-9-13-17-21-25-29-33-42-94(124)125/h79,81-85,101,113,115H,2-78,80H2,1H3,(H,102,118)(H,103,116)(H,104,117)(H,105,119)(H,106,120)(H,107,128)(H,108,121)(H,109,127)(H,110,126)(H,124,125)(H,129,130)(H,131,132)/t83-,84-,85-,100-/m0/s1. The monoisotopic (exact) mass is 2000 g/mol. The topological polar surface area (TPSA) is 558 Å². The largest absolute Gasteiger partial charge is 0.481 e. The van der Waals surface area contributed by atoms with E-state index >= 15 is 0 Å². The molecule has 140 heavy (non-hydrogen) atoms. The molecule has 0 bridgehead atoms. The van der Waals surface area contributed by atoms with Crippen molar-refractivity contribution in [2.24, 2.45) is 11.8 Å². The van der Waals surface area contributed by atoms with Gasteiger partial charge in [0, 0.05) is 116 Å². The second kappa shape index (κ2) is 88.5. The first-order chi connectivity index (χ1) is 68.0. The van der Waals surface area contributed by atoms with E-state index in [0.717, 1.165) is 70.6 Å². The molecule has 15 N–H and O–H groups in total. The Bertz CT molecular complexity index is 3320. The van der Waals surface area contributed by atoms with E-state index in [-0.39, 0.29) is 207 Å². The Morgan fingerprint density at radius 3 is 0.936 bits per heavy atom. The molecule has 2 aliphatic rings. The fourth-order valence-electron chi connectivity index (χ4n) is 16.3. The van der Waals surface area contributed by atoms with Crippen LogP contribution in [0.3, 0.4) is 0 Å². The Kier molecular flexibility index (Phi) is 80.8. The Labute approximate surface area is 831 Å². The summed E-state index contributed by atoms with van der Waals surface area (Å²) in [5.74, 6) is -7.72. The highest BCUT2D eigenvalue weighted by atomic mass is 16.5. The number of hydrogen-bond acceptors (Lipinski definition) is 26. The predicted molar refractivity (Wildman–Crippen MR) is 526 cm³/mol. The minimum atomic E-state index is -1.26. The van der Waals surface area contributed by atoms with Gasteiger partial charge in [-0.15, -0.1) is 0 Å². The molecule has 4 atom stereocenters. The third-order valence-corrected chi connectivity index (χ3v) is 25.0. The van der Waals surface area contributed by atoms with E-state index < -0.39 is 101 Å². The molecule has 0 aliphatic carbocycles. The first-order valence-electron chi connectivity index (χ1n) is 52.7. The summed E-state index contributed by atoms with van der Waals surface area (Å²) in [7, 11) is 1.57. The van der Waals surface area contributed by atoms with Gasteiger partial charge >= 0.3 is 17.9 Å². The van der Waals surface area contributed by atoms with E-state index in [1.807, 2.05) is 0 Å². The normalized spacial score (nSPS) is 14.0. The van der Waals surface area contributed by atoms with Gasteiger partial charge in [-0.3, -0.25) is 57.5 Å². The fraction of sp³-hybridized carbons (Fsp3) is 0.850. The first kappa shape index (κ1) is 128. The van der Waals surface area contributed by atoms with Crippen molar-refractivity contribution in [3.8, 4) is 0 Å². The second-order valence-corrected chi connectivity index (χ2v) is 36.7. The highest BCUT2D eigenvalue weighted by molar-refractivity contribution is 5.89. The van der Waals surface area contributed by atoms with Crippen molar-refractivity contribution in [2.45, 2.75) is 345 Å². The van der Waals surface area contributed by atoms with E-state index in [4.69, 9.17) is 48.1 Å². The molecule has 2 fully saturated rings. The average Bonchev–Trinajstić information content (AvgIpc) is 0.881. The summed E-state index contributed by atoms with van der Waals surface area (Å²) in [6, 6.07) is -3.46. The lowest BCUT2D eigenvalue weighted by Gasteiger charge is -2.32. The molecule has 2 rings (SSSR count). The Balaban J connectivity index is 1.48. The van der Waals surface area contributed by atoms with E-state index in [0.29, 0.717) is 110 Å². The number of piperidine rings is 2. The minimum absolute atomic E-state index is 0.0201. The number of likely N-dealkylation sites (N-methyl/N-ethyl adjacent to an activating group) is 1. The maximum Gasteiger partial charge on any atom is 0.326 e. The minimum Gasteiger partial charge on any atom is -0.481 e. The summed E-state index contributed by atoms with van der Waals surface area (Å²) in [5.41, 5.74) is -1.09. The molecule has 0 aromatic rings. The lowest BCUT2D eigenvalue weighted by molar-refractivity contribution is -0.144. The molecule has 2 heterocycles. The van der Waals surface area contributed by atoms with Crippen LogP contribution < -0.4 is 53.2 Å². The number of aldehydes is 1. The van der Waals surface area contributed by atoms with Gasteiger partial charge in [0.25, 0.3) is 0 Å². The number of nitrogens with one attached hydrogen (secondary N) is 10. The third kappa shape index (κ3) is 72.1. The van der Waals surface area contributed by atoms with E-state index in [9.17, 15) is 87.2 Å². The van der Waals surface area contributed by atoms with Gasteiger partial charge in [-0.1, -0.05) is 186 Å². The predicted octanol–water partition coefficient (Wildman–Crippen LogP) is 7.09. The van der Waals surface area contributed by atoms with Crippen LogP contribution >= 0.6 is 0 Å². The highest BCUT2D eigenvalue weighted by Gasteiger charge is 2.34. The van der Waals surface area contributed by atoms with Gasteiger partial charge < -0.3 is 131 Å². The van der Waals surface area contributed by atoms with Crippen LogP contribution in [0.4, 0.5) is 0 Å². The zero-order valence-corrected chi connectivity index (χ0v) is 84.6. The fourth-order valence-corrected chi connectivity index (χ4v) is 16.3. The van der Waals surface area contributed by atoms with E-state index in [1.54, 1.807) is 16.8 Å². The zero-order chi connectivity index (χ0) is 102. The van der Waals surface area contributed by atoms with Crippen LogP contribution in [0, 0.1) is 11.8 Å². The van der Waals surface area contributed by atoms with Gasteiger partial charge in [-0.25, -0.2) is 9.59 Å². The number of amides is 11. The summed E-state index contributed by atoms with van der Waals surface area (Å²) >= 11 is 0. The molecular weight excluding hydrogens is 1820 g/mol. The van der Waals surface area contributed by atoms with Crippen LogP contribution in [0.2, 0.25) is 0 Å². The van der Waals surface area contributed by atoms with Crippen LogP contribution in [0.15, 0.2) is 0 Å². The lowest BCUT2D eigenvalue weighted by atomic mass is 9.95. The quantitative estimate of drug-likeness (QED) is 0.0213. The second-order valence-electron chi connectivity index (χ2n) is 36.7. The summed E-state index contributed by atoms with van der Waals surface area (Å²) in [6.45, 7) is 2.94. The number of ether oxygens (including phenoxy) is 8. The molecule has 0 saturated carbocycles. The molecule has 0 spiro atoms. The molecule has 40 heteroatoms. The van der Waals surface area contributed by atoms with Crippen molar-refractivity contribution >= 4 is 89.2 Å². The number of nitrogens with zero attached hydrogens (tertiary/aromatic N) is 2. The Hall–Kier alpha value is -8.19. The number of carboxylic acid groups (broad SMARTS) is 3. The molecule has 0 unspecified atom stereocenters. The molecular formula is C100H180N12O28. The van der Waals surface area contributed by atoms with Crippen LogP contribution in [0.1, 0.15) is 321 Å². The number of likely N-dealkylation sites (tertiary alicyclic amines) is 2. The van der Waals surface area contributed by atoms with Crippen molar-refractivity contribution in [3.05, 3.63) is 0 Å². The van der Waals surface area contributed by atoms with Crippen molar-refractivity contribution in [2.75, 3.05) is 191 Å². The number of hydrogen-bond donors (Lipinski definition) is 15. The van der Waals surface area contributed by atoms with Gasteiger partial charge in [0.1, 0.15) is 50.8 Å². The molecule has 0 radical (unpaired) electrons. The number of carbonyl (C=O) groups is 15. The van der Waals surface area contributed by atoms with E-state index in [1.165, 1.54) is 141 Å². The van der Waals surface area contributed by atoms with Crippen LogP contribution in [-0.2, 0) is 110 Å². The molecule has 11 amide bonds. The van der Waals surface area contributed by atoms with Crippen LogP contribution in [0.25, 0.3) is 0 Å². The van der Waals surface area contributed by atoms with Gasteiger partial charge in [0.2, 0.25) is 65.0 Å². The average molecular weight is 2000 g/mol. The van der Waals surface area contributed by atoms with Crippen molar-refractivity contribution in [3.63, 3.8) is 0 Å². The number of unbranched alkanes of at least 4 members (excludes halogenated alkanes) is 33. The van der Waals surface area contributed by atoms with Crippen molar-refractivity contribution < 1.29 is 135 Å². The number of aliphatic hydroxyl groups excluding tert-OH is 2.